The van der Waals surface area contributed by atoms with Crippen molar-refractivity contribution in [3.8, 4) is 0 Å². The molecule has 3 aliphatic heterocycles. The van der Waals surface area contributed by atoms with Gasteiger partial charge in [-0.25, -0.2) is 0 Å². The number of methoxy groups -OCH3 is 1. The van der Waals surface area contributed by atoms with Crippen molar-refractivity contribution >= 4 is 56.1 Å². The molecule has 3 aliphatic rings. The van der Waals surface area contributed by atoms with Crippen molar-refractivity contribution < 1.29 is 38.5 Å². The average molecular weight is 817 g/mol. The van der Waals surface area contributed by atoms with Crippen LogP contribution in [0, 0.1) is 17.8 Å². The Labute approximate surface area is 330 Å². The summed E-state index contributed by atoms with van der Waals surface area (Å²) in [6.07, 6.45) is 2.44. The van der Waals surface area contributed by atoms with E-state index >= 15 is 4.79 Å². The largest absolute Gasteiger partial charge is 0.455 e. The SMILES string of the molecule is C=CCCC(=O)N[C@H](COC)[C@H](OC(=O)[C@H]1[C@@H]2O[C@@]3(CC2Br)[C@@H]1C(=O)N([C@@H](CO)C(C)C)[C@@H]3C(=O)N(CC=C)c1ccc2ccccc2c1)c1ccccc1. The van der Waals surface area contributed by atoms with Gasteiger partial charge in [-0.2, -0.15) is 0 Å². The molecule has 6 rings (SSSR count). The zero-order valence-electron chi connectivity index (χ0n) is 31.5. The van der Waals surface area contributed by atoms with Crippen LogP contribution in [0.5, 0.6) is 0 Å². The summed E-state index contributed by atoms with van der Waals surface area (Å²) in [4.78, 5) is 60.6. The van der Waals surface area contributed by atoms with Gasteiger partial charge in [0.15, 0.2) is 0 Å². The number of carbonyl (C=O) groups is 4. The Morgan fingerprint density at radius 3 is 2.44 bits per heavy atom. The molecule has 3 saturated heterocycles. The molecule has 3 aromatic carbocycles. The van der Waals surface area contributed by atoms with E-state index in [1.807, 2.05) is 74.5 Å². The summed E-state index contributed by atoms with van der Waals surface area (Å²) in [6, 6.07) is 19.9. The lowest BCUT2D eigenvalue weighted by Gasteiger charge is -2.40. The molecule has 0 radical (unpaired) electrons. The number of hydrogen-bond donors (Lipinski definition) is 2. The molecule has 1 unspecified atom stereocenters. The molecule has 0 aliphatic carbocycles. The van der Waals surface area contributed by atoms with Crippen LogP contribution in [0.1, 0.15) is 44.8 Å². The molecule has 292 valence electrons. The van der Waals surface area contributed by atoms with Gasteiger partial charge in [-0.1, -0.05) is 103 Å². The standard InChI is InChI=1S/C43H50BrN3O8/c1-6-8-18-34(49)45-32(25-53-5)37(28-15-10-9-11-16-28)54-42(52)35-36-40(50)47(33(24-48)26(3)4)39(43(36)23-31(44)38(35)55-43)41(51)46(21-7-2)30-20-19-27-14-12-13-17-29(27)22-30/h6-7,9-17,19-20,22,26,31-33,35-39,48H,1-2,8,18,21,23-25H2,3-5H3,(H,45,49)/t31?,32-,33+,35-,36+,37-,38-,39-,43+/m1/s1. The van der Waals surface area contributed by atoms with Gasteiger partial charge in [0.25, 0.3) is 5.91 Å². The second-order valence-electron chi connectivity index (χ2n) is 14.9. The molecule has 0 aromatic heterocycles. The Morgan fingerprint density at radius 2 is 1.78 bits per heavy atom. The first-order valence-electron chi connectivity index (χ1n) is 18.8. The third-order valence-electron chi connectivity index (χ3n) is 11.2. The number of esters is 1. The lowest BCUT2D eigenvalue weighted by molar-refractivity contribution is -0.163. The van der Waals surface area contributed by atoms with E-state index in [0.29, 0.717) is 17.7 Å². The summed E-state index contributed by atoms with van der Waals surface area (Å²) in [5, 5.41) is 15.7. The van der Waals surface area contributed by atoms with Crippen molar-refractivity contribution in [3.63, 3.8) is 0 Å². The minimum Gasteiger partial charge on any atom is -0.455 e. The number of benzene rings is 3. The summed E-state index contributed by atoms with van der Waals surface area (Å²) in [5.74, 6) is -4.22. The first kappa shape index (κ1) is 40.3. The normalized spacial score (nSPS) is 25.7. The van der Waals surface area contributed by atoms with E-state index in [0.717, 1.165) is 10.8 Å². The number of likely N-dealkylation sites (tertiary alicyclic amines) is 1. The summed E-state index contributed by atoms with van der Waals surface area (Å²) in [5.41, 5.74) is -0.175. The molecular formula is C43H50BrN3O8. The van der Waals surface area contributed by atoms with Gasteiger partial charge < -0.3 is 34.4 Å². The average Bonchev–Trinajstić information content (AvgIpc) is 3.78. The van der Waals surface area contributed by atoms with Gasteiger partial charge in [0, 0.05) is 30.6 Å². The monoisotopic (exact) mass is 815 g/mol. The number of aliphatic hydroxyl groups is 1. The minimum absolute atomic E-state index is 0.0372. The second-order valence-corrected chi connectivity index (χ2v) is 16.1. The molecule has 0 saturated carbocycles. The molecule has 3 amide bonds. The maximum Gasteiger partial charge on any atom is 0.313 e. The molecule has 1 spiro atoms. The highest BCUT2D eigenvalue weighted by Crippen LogP contribution is 2.61. The Hall–Kier alpha value is -4.36. The van der Waals surface area contributed by atoms with Gasteiger partial charge in [0.05, 0.1) is 43.2 Å². The molecule has 12 heteroatoms. The molecule has 2 bridgehead atoms. The summed E-state index contributed by atoms with van der Waals surface area (Å²) in [6.45, 7) is 11.2. The summed E-state index contributed by atoms with van der Waals surface area (Å²) in [7, 11) is 1.50. The number of alkyl halides is 1. The topological polar surface area (TPSA) is 135 Å². The molecule has 11 nitrogen and oxygen atoms in total. The molecule has 9 atom stereocenters. The van der Waals surface area contributed by atoms with Crippen LogP contribution in [-0.4, -0.2) is 95.2 Å². The van der Waals surface area contributed by atoms with Crippen LogP contribution >= 0.6 is 15.9 Å². The Morgan fingerprint density at radius 1 is 1.07 bits per heavy atom. The number of nitrogens with zero attached hydrogens (tertiary/aromatic N) is 2. The van der Waals surface area contributed by atoms with Gasteiger partial charge in [-0.15, -0.1) is 13.2 Å². The van der Waals surface area contributed by atoms with E-state index in [1.165, 1.54) is 12.0 Å². The number of fused-ring (bicyclic) bond motifs is 2. The highest BCUT2D eigenvalue weighted by Gasteiger charge is 2.78. The lowest BCUT2D eigenvalue weighted by atomic mass is 9.70. The quantitative estimate of drug-likeness (QED) is 0.104. The molecule has 3 heterocycles. The molecule has 3 fully saturated rings. The summed E-state index contributed by atoms with van der Waals surface area (Å²) < 4.78 is 18.7. The number of halogens is 1. The Bertz CT molecular complexity index is 1910. The van der Waals surface area contributed by atoms with Gasteiger partial charge in [0.2, 0.25) is 11.8 Å². The number of anilines is 1. The van der Waals surface area contributed by atoms with Crippen LogP contribution in [0.4, 0.5) is 5.69 Å². The maximum absolute atomic E-state index is 15.2. The number of hydrogen-bond acceptors (Lipinski definition) is 8. The van der Waals surface area contributed by atoms with E-state index in [-0.39, 0.29) is 37.8 Å². The predicted molar refractivity (Wildman–Crippen MR) is 213 cm³/mol. The van der Waals surface area contributed by atoms with E-state index < -0.39 is 77.0 Å². The van der Waals surface area contributed by atoms with Crippen molar-refractivity contribution in [2.24, 2.45) is 17.8 Å². The van der Waals surface area contributed by atoms with Crippen molar-refractivity contribution in [2.75, 3.05) is 31.8 Å². The van der Waals surface area contributed by atoms with Gasteiger partial charge >= 0.3 is 5.97 Å². The fraction of sp³-hybridized carbons (Fsp3) is 0.442. The highest BCUT2D eigenvalue weighted by atomic mass is 79.9. The first-order valence-corrected chi connectivity index (χ1v) is 19.7. The highest BCUT2D eigenvalue weighted by molar-refractivity contribution is 9.09. The van der Waals surface area contributed by atoms with Crippen LogP contribution in [-0.2, 0) is 33.4 Å². The van der Waals surface area contributed by atoms with Crippen molar-refractivity contribution in [3.05, 3.63) is 104 Å². The van der Waals surface area contributed by atoms with Crippen LogP contribution in [0.15, 0.2) is 98.1 Å². The van der Waals surface area contributed by atoms with Crippen LogP contribution < -0.4 is 10.2 Å². The number of ether oxygens (including phenoxy) is 3. The Kier molecular flexibility index (Phi) is 12.6. The van der Waals surface area contributed by atoms with Crippen molar-refractivity contribution in [1.29, 1.82) is 0 Å². The van der Waals surface area contributed by atoms with Gasteiger partial charge in [-0.3, -0.25) is 19.2 Å². The fourth-order valence-electron chi connectivity index (χ4n) is 8.66. The predicted octanol–water partition coefficient (Wildman–Crippen LogP) is 5.51. The van der Waals surface area contributed by atoms with Crippen molar-refractivity contribution in [1.82, 2.24) is 10.2 Å². The van der Waals surface area contributed by atoms with Crippen molar-refractivity contribution in [2.45, 2.75) is 73.9 Å². The van der Waals surface area contributed by atoms with Crippen LogP contribution in [0.3, 0.4) is 0 Å². The van der Waals surface area contributed by atoms with Gasteiger partial charge in [-0.05, 0) is 47.2 Å². The number of allylic oxidation sites excluding steroid dienone is 1. The minimum atomic E-state index is -1.41. The maximum atomic E-state index is 15.2. The molecular weight excluding hydrogens is 766 g/mol. The van der Waals surface area contributed by atoms with Crippen LogP contribution in [0.25, 0.3) is 10.8 Å². The number of carbonyl (C=O) groups excluding carboxylic acids is 4. The lowest BCUT2D eigenvalue weighted by Crippen LogP contribution is -2.60. The third kappa shape index (κ3) is 7.61. The summed E-state index contributed by atoms with van der Waals surface area (Å²) >= 11 is 3.76. The molecule has 2 N–H and O–H groups in total. The fourth-order valence-corrected chi connectivity index (χ4v) is 9.61. The smallest absolute Gasteiger partial charge is 0.313 e. The number of nitrogens with one attached hydrogen (secondary N) is 1. The third-order valence-corrected chi connectivity index (χ3v) is 12.0. The van der Waals surface area contributed by atoms with Gasteiger partial charge in [0.1, 0.15) is 17.7 Å². The zero-order chi connectivity index (χ0) is 39.4. The zero-order valence-corrected chi connectivity index (χ0v) is 33.1. The van der Waals surface area contributed by atoms with E-state index in [1.54, 1.807) is 29.2 Å². The van der Waals surface area contributed by atoms with E-state index in [4.69, 9.17) is 14.2 Å². The number of aliphatic hydroxyl groups excluding tert-OH is 1. The molecule has 55 heavy (non-hydrogen) atoms. The Balaban J connectivity index is 1.40. The first-order chi connectivity index (χ1) is 26.5. The second kappa shape index (κ2) is 17.2. The van der Waals surface area contributed by atoms with E-state index in [9.17, 15) is 19.5 Å². The number of rotatable bonds is 17. The van der Waals surface area contributed by atoms with E-state index in [2.05, 4.69) is 34.4 Å². The van der Waals surface area contributed by atoms with Crippen LogP contribution in [0.2, 0.25) is 0 Å². The molecule has 3 aromatic rings. The number of amides is 3.